The molecule has 0 aliphatic rings. The van der Waals surface area contributed by atoms with E-state index in [0.29, 0.717) is 0 Å². The Kier molecular flexibility index (Phi) is 11.6. The molecule has 0 aromatic heterocycles. The highest BCUT2D eigenvalue weighted by atomic mass is 16.5. The molecule has 0 unspecified atom stereocenters. The highest BCUT2D eigenvalue weighted by Crippen LogP contribution is 2.05. The van der Waals surface area contributed by atoms with E-state index < -0.39 is 41.8 Å². The van der Waals surface area contributed by atoms with Crippen LogP contribution in [0.1, 0.15) is 40.2 Å². The summed E-state index contributed by atoms with van der Waals surface area (Å²) in [6.07, 6.45) is 0.255. The zero-order chi connectivity index (χ0) is 25.0. The first kappa shape index (κ1) is 27.6. The van der Waals surface area contributed by atoms with Gasteiger partial charge < -0.3 is 26.0 Å². The van der Waals surface area contributed by atoms with Gasteiger partial charge in [-0.3, -0.25) is 24.0 Å². The van der Waals surface area contributed by atoms with E-state index in [-0.39, 0.29) is 31.4 Å². The molecule has 10 nitrogen and oxygen atoms in total. The molecule has 1 rings (SSSR count). The maximum Gasteiger partial charge on any atom is 0.325 e. The summed E-state index contributed by atoms with van der Waals surface area (Å²) >= 11 is 0. The Balaban J connectivity index is 2.75. The molecule has 0 spiro atoms. The minimum Gasteiger partial charge on any atom is -0.465 e. The van der Waals surface area contributed by atoms with Crippen LogP contribution in [0.25, 0.3) is 0 Å². The predicted molar refractivity (Wildman–Crippen MR) is 122 cm³/mol. The van der Waals surface area contributed by atoms with Crippen molar-refractivity contribution in [3.63, 3.8) is 0 Å². The van der Waals surface area contributed by atoms with Crippen LogP contribution in [-0.4, -0.2) is 60.9 Å². The number of ether oxygens (including phenoxy) is 1. The minimum absolute atomic E-state index is 0.194. The number of hydrogen-bond acceptors (Lipinski definition) is 6. The maximum atomic E-state index is 12.8. The van der Waals surface area contributed by atoms with Crippen molar-refractivity contribution in [2.24, 2.45) is 5.92 Å². The molecule has 33 heavy (non-hydrogen) atoms. The van der Waals surface area contributed by atoms with Crippen LogP contribution in [0.3, 0.4) is 0 Å². The van der Waals surface area contributed by atoms with Gasteiger partial charge in [0.25, 0.3) is 0 Å². The molecular formula is C23H34N4O6. The van der Waals surface area contributed by atoms with Crippen LogP contribution >= 0.6 is 0 Å². The summed E-state index contributed by atoms with van der Waals surface area (Å²) in [4.78, 5) is 60.9. The van der Waals surface area contributed by atoms with Gasteiger partial charge in [-0.25, -0.2) is 0 Å². The first-order valence-corrected chi connectivity index (χ1v) is 10.9. The fourth-order valence-corrected chi connectivity index (χ4v) is 2.98. The summed E-state index contributed by atoms with van der Waals surface area (Å²) in [6, 6.07) is 6.41. The van der Waals surface area contributed by atoms with Crippen LogP contribution in [0.2, 0.25) is 0 Å². The molecule has 1 aromatic carbocycles. The number of nitrogens with one attached hydrogen (secondary N) is 4. The van der Waals surface area contributed by atoms with Crippen molar-refractivity contribution in [1.82, 2.24) is 21.3 Å². The van der Waals surface area contributed by atoms with E-state index in [1.807, 2.05) is 30.3 Å². The molecule has 0 bridgehead atoms. The second-order valence-corrected chi connectivity index (χ2v) is 7.93. The van der Waals surface area contributed by atoms with Gasteiger partial charge in [0.2, 0.25) is 23.6 Å². The smallest absolute Gasteiger partial charge is 0.325 e. The van der Waals surface area contributed by atoms with Gasteiger partial charge in [-0.1, -0.05) is 44.2 Å². The standard InChI is InChI=1S/C23H34N4O6/c1-6-33-19(29)13-24-23(32)20(14(2)3)27-21(30)15(4)25-22(31)18(26-16(5)28)12-17-10-8-7-9-11-17/h7-11,14-15,18,20H,6,12-13H2,1-5H3,(H,24,32)(H,25,31)(H,26,28)(H,27,30)/t15-,18-,20-/m0/s1. The molecule has 0 saturated heterocycles. The molecule has 0 radical (unpaired) electrons. The summed E-state index contributed by atoms with van der Waals surface area (Å²) in [5, 5.41) is 10.2. The zero-order valence-electron chi connectivity index (χ0n) is 19.8. The Labute approximate surface area is 194 Å². The van der Waals surface area contributed by atoms with E-state index >= 15 is 0 Å². The van der Waals surface area contributed by atoms with Crippen molar-refractivity contribution in [3.8, 4) is 0 Å². The lowest BCUT2D eigenvalue weighted by Crippen LogP contribution is -2.57. The van der Waals surface area contributed by atoms with Crippen molar-refractivity contribution in [1.29, 1.82) is 0 Å². The van der Waals surface area contributed by atoms with Crippen LogP contribution < -0.4 is 21.3 Å². The predicted octanol–water partition coefficient (Wildman–Crippen LogP) is 0.0586. The highest BCUT2D eigenvalue weighted by Gasteiger charge is 2.29. The number of benzene rings is 1. The minimum atomic E-state index is -0.969. The molecule has 0 saturated carbocycles. The molecule has 1 aromatic rings. The molecule has 3 atom stereocenters. The van der Waals surface area contributed by atoms with Gasteiger partial charge in [0.05, 0.1) is 6.61 Å². The fourth-order valence-electron chi connectivity index (χ4n) is 2.98. The van der Waals surface area contributed by atoms with Crippen LogP contribution in [0.4, 0.5) is 0 Å². The van der Waals surface area contributed by atoms with Crippen LogP contribution in [-0.2, 0) is 35.1 Å². The lowest BCUT2D eigenvalue weighted by molar-refractivity contribution is -0.143. The number of carbonyl (C=O) groups excluding carboxylic acids is 5. The Bertz CT molecular complexity index is 828. The van der Waals surface area contributed by atoms with Gasteiger partial charge in [0.15, 0.2) is 0 Å². The quantitative estimate of drug-likeness (QED) is 0.324. The molecule has 10 heteroatoms. The highest BCUT2D eigenvalue weighted by molar-refractivity contribution is 5.94. The van der Waals surface area contributed by atoms with Crippen molar-refractivity contribution >= 4 is 29.6 Å². The van der Waals surface area contributed by atoms with Gasteiger partial charge in [-0.05, 0) is 25.3 Å². The molecular weight excluding hydrogens is 428 g/mol. The van der Waals surface area contributed by atoms with Crippen molar-refractivity contribution in [2.45, 2.75) is 59.2 Å². The first-order valence-electron chi connectivity index (χ1n) is 10.9. The van der Waals surface area contributed by atoms with E-state index in [1.165, 1.54) is 13.8 Å². The van der Waals surface area contributed by atoms with Crippen LogP contribution in [0.15, 0.2) is 30.3 Å². The summed E-state index contributed by atoms with van der Waals surface area (Å²) < 4.78 is 4.77. The molecule has 0 heterocycles. The van der Waals surface area contributed by atoms with Gasteiger partial charge in [0.1, 0.15) is 24.7 Å². The first-order chi connectivity index (χ1) is 15.5. The number of amides is 4. The maximum absolute atomic E-state index is 12.8. The molecule has 4 N–H and O–H groups in total. The van der Waals surface area contributed by atoms with Crippen LogP contribution in [0, 0.1) is 5.92 Å². The summed E-state index contributed by atoms with van der Waals surface area (Å²) in [5.41, 5.74) is 0.849. The van der Waals surface area contributed by atoms with Crippen LogP contribution in [0.5, 0.6) is 0 Å². The third-order valence-corrected chi connectivity index (χ3v) is 4.69. The summed E-state index contributed by atoms with van der Waals surface area (Å²) in [5.74, 6) is -2.86. The van der Waals surface area contributed by atoms with Gasteiger partial charge in [-0.2, -0.15) is 0 Å². The van der Waals surface area contributed by atoms with Crippen molar-refractivity contribution in [3.05, 3.63) is 35.9 Å². The molecule has 0 fully saturated rings. The molecule has 0 aliphatic carbocycles. The molecule has 0 aliphatic heterocycles. The number of carbonyl (C=O) groups is 5. The third kappa shape index (κ3) is 10.2. The topological polar surface area (TPSA) is 143 Å². The van der Waals surface area contributed by atoms with Crippen molar-refractivity contribution in [2.75, 3.05) is 13.2 Å². The Morgan fingerprint density at radius 2 is 1.52 bits per heavy atom. The normalized spacial score (nSPS) is 13.3. The van der Waals surface area contributed by atoms with E-state index in [9.17, 15) is 24.0 Å². The SMILES string of the molecule is CCOC(=O)CNC(=O)[C@@H](NC(=O)[C@H](C)NC(=O)[C@H](Cc1ccccc1)NC(C)=O)C(C)C. The zero-order valence-corrected chi connectivity index (χ0v) is 19.8. The second kappa shape index (κ2) is 13.9. The van der Waals surface area contributed by atoms with Gasteiger partial charge >= 0.3 is 5.97 Å². The van der Waals surface area contributed by atoms with E-state index in [2.05, 4.69) is 21.3 Å². The monoisotopic (exact) mass is 462 g/mol. The number of hydrogen-bond donors (Lipinski definition) is 4. The number of rotatable bonds is 12. The van der Waals surface area contributed by atoms with Gasteiger partial charge in [0, 0.05) is 13.3 Å². The summed E-state index contributed by atoms with van der Waals surface area (Å²) in [7, 11) is 0. The van der Waals surface area contributed by atoms with Gasteiger partial charge in [-0.15, -0.1) is 0 Å². The Morgan fingerprint density at radius 1 is 0.879 bits per heavy atom. The largest absolute Gasteiger partial charge is 0.465 e. The summed E-state index contributed by atoms with van der Waals surface area (Å²) in [6.45, 7) is 7.81. The second-order valence-electron chi connectivity index (χ2n) is 7.93. The van der Waals surface area contributed by atoms with E-state index in [0.717, 1.165) is 5.56 Å². The fraction of sp³-hybridized carbons (Fsp3) is 0.522. The number of esters is 1. The third-order valence-electron chi connectivity index (χ3n) is 4.69. The lowest BCUT2D eigenvalue weighted by atomic mass is 10.0. The Hall–Kier alpha value is -3.43. The lowest BCUT2D eigenvalue weighted by Gasteiger charge is -2.25. The average molecular weight is 463 g/mol. The Morgan fingerprint density at radius 3 is 2.06 bits per heavy atom. The molecule has 182 valence electrons. The van der Waals surface area contributed by atoms with E-state index in [4.69, 9.17) is 4.74 Å². The van der Waals surface area contributed by atoms with E-state index in [1.54, 1.807) is 20.8 Å². The van der Waals surface area contributed by atoms with Crippen molar-refractivity contribution < 1.29 is 28.7 Å². The molecule has 4 amide bonds. The average Bonchev–Trinajstić information content (AvgIpc) is 2.75.